The molecule has 0 saturated carbocycles. The zero-order chi connectivity index (χ0) is 18.4. The fourth-order valence-corrected chi connectivity index (χ4v) is 2.78. The molecule has 132 valence electrons. The first kappa shape index (κ1) is 18.8. The Morgan fingerprint density at radius 1 is 1.04 bits per heavy atom. The Morgan fingerprint density at radius 2 is 1.72 bits per heavy atom. The predicted molar refractivity (Wildman–Crippen MR) is 89.8 cm³/mol. The largest absolute Gasteiger partial charge is 0.462 e. The summed E-state index contributed by atoms with van der Waals surface area (Å²) in [5.74, 6) is -1.24. The van der Waals surface area contributed by atoms with Gasteiger partial charge in [0.05, 0.1) is 17.1 Å². The number of sulfone groups is 1. The third-order valence-electron chi connectivity index (χ3n) is 3.45. The molecular weight excluding hydrogens is 347 g/mol. The van der Waals surface area contributed by atoms with Crippen LogP contribution in [0.25, 0.3) is 0 Å². The van der Waals surface area contributed by atoms with Crippen LogP contribution in [0.2, 0.25) is 0 Å². The van der Waals surface area contributed by atoms with E-state index in [1.165, 1.54) is 48.5 Å². The summed E-state index contributed by atoms with van der Waals surface area (Å²) in [6.45, 7) is 0.0227. The fourth-order valence-electron chi connectivity index (χ4n) is 2.11. The Bertz CT molecular complexity index is 873. The lowest BCUT2D eigenvalue weighted by Gasteiger charge is -2.06. The topological polar surface area (TPSA) is 77.5 Å². The lowest BCUT2D eigenvalue weighted by Crippen LogP contribution is -2.09. The van der Waals surface area contributed by atoms with Crippen LogP contribution in [0.3, 0.4) is 0 Å². The second-order valence-corrected chi connectivity index (χ2v) is 7.49. The third kappa shape index (κ3) is 5.49. The van der Waals surface area contributed by atoms with Gasteiger partial charge in [0.15, 0.2) is 15.6 Å². The van der Waals surface area contributed by atoms with Crippen LogP contribution in [-0.4, -0.2) is 33.0 Å². The van der Waals surface area contributed by atoms with E-state index < -0.39 is 21.6 Å². The Labute approximate surface area is 145 Å². The SMILES string of the molecule is CS(=O)(=O)c1cccc(C(=O)OCCCC(=O)c2ccc(F)cc2)c1. The molecule has 0 aromatic heterocycles. The highest BCUT2D eigenvalue weighted by Crippen LogP contribution is 2.13. The summed E-state index contributed by atoms with van der Waals surface area (Å²) in [6.07, 6.45) is 1.52. The average molecular weight is 364 g/mol. The Balaban J connectivity index is 1.84. The van der Waals surface area contributed by atoms with E-state index in [0.29, 0.717) is 12.0 Å². The quantitative estimate of drug-likeness (QED) is 0.429. The molecule has 2 rings (SSSR count). The molecule has 0 radical (unpaired) electrons. The van der Waals surface area contributed by atoms with Gasteiger partial charge in [-0.05, 0) is 48.9 Å². The first-order valence-corrected chi connectivity index (χ1v) is 9.42. The van der Waals surface area contributed by atoms with Crippen LogP contribution in [0, 0.1) is 5.82 Å². The van der Waals surface area contributed by atoms with Crippen molar-refractivity contribution in [3.8, 4) is 0 Å². The number of hydrogen-bond acceptors (Lipinski definition) is 5. The van der Waals surface area contributed by atoms with E-state index in [1.807, 2.05) is 0 Å². The summed E-state index contributed by atoms with van der Waals surface area (Å²) in [7, 11) is -3.41. The van der Waals surface area contributed by atoms with Crippen molar-refractivity contribution in [2.75, 3.05) is 12.9 Å². The number of esters is 1. The zero-order valence-corrected chi connectivity index (χ0v) is 14.4. The fraction of sp³-hybridized carbons (Fsp3) is 0.222. The molecule has 2 aromatic carbocycles. The van der Waals surface area contributed by atoms with Gasteiger partial charge in [-0.25, -0.2) is 17.6 Å². The van der Waals surface area contributed by atoms with Crippen molar-refractivity contribution in [2.24, 2.45) is 0 Å². The van der Waals surface area contributed by atoms with Crippen LogP contribution in [0.4, 0.5) is 4.39 Å². The van der Waals surface area contributed by atoms with Gasteiger partial charge in [0.25, 0.3) is 0 Å². The Hall–Kier alpha value is -2.54. The van der Waals surface area contributed by atoms with Crippen LogP contribution in [0.15, 0.2) is 53.4 Å². The number of ketones is 1. The normalized spacial score (nSPS) is 11.1. The second-order valence-electron chi connectivity index (χ2n) is 5.47. The first-order chi connectivity index (χ1) is 11.8. The highest BCUT2D eigenvalue weighted by atomic mass is 32.2. The molecular formula is C18H17FO5S. The van der Waals surface area contributed by atoms with Crippen molar-refractivity contribution in [3.63, 3.8) is 0 Å². The van der Waals surface area contributed by atoms with Crippen molar-refractivity contribution in [1.82, 2.24) is 0 Å². The minimum Gasteiger partial charge on any atom is -0.462 e. The number of halogens is 1. The number of rotatable bonds is 7. The second kappa shape index (κ2) is 8.02. The molecule has 0 saturated heterocycles. The Morgan fingerprint density at radius 3 is 2.36 bits per heavy atom. The van der Waals surface area contributed by atoms with Gasteiger partial charge in [-0.15, -0.1) is 0 Å². The van der Waals surface area contributed by atoms with E-state index in [2.05, 4.69) is 0 Å². The minimum absolute atomic E-state index is 0.0227. The average Bonchev–Trinajstić information content (AvgIpc) is 2.58. The van der Waals surface area contributed by atoms with Crippen molar-refractivity contribution < 1.29 is 27.1 Å². The van der Waals surface area contributed by atoms with Gasteiger partial charge in [-0.2, -0.15) is 0 Å². The molecule has 0 aliphatic carbocycles. The first-order valence-electron chi connectivity index (χ1n) is 7.53. The maximum Gasteiger partial charge on any atom is 0.338 e. The summed E-state index contributed by atoms with van der Waals surface area (Å²) < 4.78 is 40.8. The molecule has 7 heteroatoms. The van der Waals surface area contributed by atoms with E-state index in [4.69, 9.17) is 4.74 Å². The maximum absolute atomic E-state index is 12.8. The van der Waals surface area contributed by atoms with Crippen LogP contribution in [0.1, 0.15) is 33.6 Å². The van der Waals surface area contributed by atoms with Crippen LogP contribution >= 0.6 is 0 Å². The molecule has 25 heavy (non-hydrogen) atoms. The Kier molecular flexibility index (Phi) is 6.03. The highest BCUT2D eigenvalue weighted by Gasteiger charge is 2.13. The number of carbonyl (C=O) groups excluding carboxylic acids is 2. The van der Waals surface area contributed by atoms with Crippen LogP contribution in [-0.2, 0) is 14.6 Å². The third-order valence-corrected chi connectivity index (χ3v) is 4.56. The molecule has 2 aromatic rings. The minimum atomic E-state index is -3.41. The van der Waals surface area contributed by atoms with E-state index >= 15 is 0 Å². The molecule has 0 heterocycles. The van der Waals surface area contributed by atoms with Gasteiger partial charge in [0.1, 0.15) is 5.82 Å². The number of Topliss-reactive ketones (excluding diaryl/α,β-unsaturated/α-hetero) is 1. The van der Waals surface area contributed by atoms with Gasteiger partial charge < -0.3 is 4.74 Å². The number of carbonyl (C=O) groups is 2. The predicted octanol–water partition coefficient (Wildman–Crippen LogP) is 3.05. The smallest absolute Gasteiger partial charge is 0.338 e. The standard InChI is InChI=1S/C18H17FO5S/c1-25(22,23)16-5-2-4-14(12-16)18(21)24-11-3-6-17(20)13-7-9-15(19)10-8-13/h2,4-5,7-10,12H,3,6,11H2,1H3. The molecule has 0 spiro atoms. The van der Waals surface area contributed by atoms with Crippen molar-refractivity contribution in [2.45, 2.75) is 17.7 Å². The monoisotopic (exact) mass is 364 g/mol. The lowest BCUT2D eigenvalue weighted by atomic mass is 10.1. The van der Waals surface area contributed by atoms with E-state index in [0.717, 1.165) is 6.26 Å². The summed E-state index contributed by atoms with van der Waals surface area (Å²) >= 11 is 0. The van der Waals surface area contributed by atoms with E-state index in [1.54, 1.807) is 0 Å². The maximum atomic E-state index is 12.8. The summed E-state index contributed by atoms with van der Waals surface area (Å²) in [4.78, 5) is 23.9. The van der Waals surface area contributed by atoms with Gasteiger partial charge >= 0.3 is 5.97 Å². The van der Waals surface area contributed by atoms with E-state index in [9.17, 15) is 22.4 Å². The molecule has 0 aliphatic heterocycles. The molecule has 0 fully saturated rings. The molecule has 0 aliphatic rings. The van der Waals surface area contributed by atoms with Crippen molar-refractivity contribution >= 4 is 21.6 Å². The number of hydrogen-bond donors (Lipinski definition) is 0. The molecule has 0 atom stereocenters. The van der Waals surface area contributed by atoms with E-state index in [-0.39, 0.29) is 29.3 Å². The van der Waals surface area contributed by atoms with Gasteiger partial charge in [-0.1, -0.05) is 6.07 Å². The molecule has 0 unspecified atom stereocenters. The van der Waals surface area contributed by atoms with Gasteiger partial charge in [0.2, 0.25) is 0 Å². The summed E-state index contributed by atoms with van der Waals surface area (Å²) in [6, 6.07) is 10.8. The van der Waals surface area contributed by atoms with Crippen molar-refractivity contribution in [1.29, 1.82) is 0 Å². The summed E-state index contributed by atoms with van der Waals surface area (Å²) in [5.41, 5.74) is 0.529. The summed E-state index contributed by atoms with van der Waals surface area (Å²) in [5, 5.41) is 0. The van der Waals surface area contributed by atoms with Gasteiger partial charge in [-0.3, -0.25) is 4.79 Å². The molecule has 0 amide bonds. The van der Waals surface area contributed by atoms with Crippen LogP contribution in [0.5, 0.6) is 0 Å². The molecule has 0 bridgehead atoms. The molecule has 0 N–H and O–H groups in total. The van der Waals surface area contributed by atoms with Crippen molar-refractivity contribution in [3.05, 3.63) is 65.5 Å². The lowest BCUT2D eigenvalue weighted by molar-refractivity contribution is 0.0494. The molecule has 5 nitrogen and oxygen atoms in total. The number of benzene rings is 2. The number of ether oxygens (including phenoxy) is 1. The highest BCUT2D eigenvalue weighted by molar-refractivity contribution is 7.90. The zero-order valence-electron chi connectivity index (χ0n) is 13.6. The van der Waals surface area contributed by atoms with Gasteiger partial charge in [0, 0.05) is 18.2 Å². The van der Waals surface area contributed by atoms with Crippen LogP contribution < -0.4 is 0 Å².